The van der Waals surface area contributed by atoms with E-state index in [1.54, 1.807) is 7.11 Å². The number of para-hydroxylation sites is 1. The Hall–Kier alpha value is -4.25. The first-order chi connectivity index (χ1) is 17.2. The molecular weight excluding hydrogens is 434 g/mol. The van der Waals surface area contributed by atoms with Crippen LogP contribution in [0.15, 0.2) is 91.0 Å². The third-order valence-corrected chi connectivity index (χ3v) is 6.96. The van der Waals surface area contributed by atoms with Crippen molar-refractivity contribution in [3.8, 4) is 5.75 Å². The van der Waals surface area contributed by atoms with E-state index in [1.807, 2.05) is 53.4 Å². The number of benzene rings is 4. The molecule has 0 fully saturated rings. The number of nitrogens with one attached hydrogen (secondary N) is 1. The lowest BCUT2D eigenvalue weighted by Gasteiger charge is -2.27. The predicted octanol–water partition coefficient (Wildman–Crippen LogP) is 6.59. The van der Waals surface area contributed by atoms with Gasteiger partial charge in [-0.3, -0.25) is 4.79 Å². The van der Waals surface area contributed by atoms with E-state index in [0.717, 1.165) is 34.7 Å². The minimum absolute atomic E-state index is 0.0394. The van der Waals surface area contributed by atoms with Crippen LogP contribution < -0.4 is 10.1 Å². The molecule has 1 aliphatic heterocycles. The van der Waals surface area contributed by atoms with Crippen molar-refractivity contribution in [1.82, 2.24) is 9.47 Å². The molecule has 1 amide bonds. The van der Waals surface area contributed by atoms with Gasteiger partial charge in [0, 0.05) is 51.7 Å². The molecule has 5 nitrogen and oxygen atoms in total. The molecule has 6 rings (SSSR count). The zero-order valence-corrected chi connectivity index (χ0v) is 19.9. The Morgan fingerprint density at radius 3 is 2.40 bits per heavy atom. The van der Waals surface area contributed by atoms with E-state index in [2.05, 4.69) is 59.3 Å². The molecule has 0 spiro atoms. The molecule has 1 atom stereocenters. The van der Waals surface area contributed by atoms with Crippen LogP contribution >= 0.6 is 0 Å². The minimum atomic E-state index is -0.252. The summed E-state index contributed by atoms with van der Waals surface area (Å²) in [5, 5.41) is 6.13. The van der Waals surface area contributed by atoms with Crippen LogP contribution in [0.1, 0.15) is 34.6 Å². The van der Waals surface area contributed by atoms with Crippen LogP contribution in [0.3, 0.4) is 0 Å². The SMILES string of the molecule is CCn1c2ccccc2c2cc(N[C@@H]3c4ccccc4C(=O)N3Cc3ccc(OC)cc3)ccc21. The maximum absolute atomic E-state index is 13.4. The quantitative estimate of drug-likeness (QED) is 0.310. The highest BCUT2D eigenvalue weighted by molar-refractivity contribution is 6.09. The van der Waals surface area contributed by atoms with Crippen LogP contribution in [-0.4, -0.2) is 22.5 Å². The third-order valence-electron chi connectivity index (χ3n) is 6.96. The van der Waals surface area contributed by atoms with Crippen LogP contribution in [0.5, 0.6) is 5.75 Å². The second-order valence-corrected chi connectivity index (χ2v) is 8.91. The van der Waals surface area contributed by atoms with Crippen molar-refractivity contribution >= 4 is 33.4 Å². The molecule has 0 aliphatic carbocycles. The Morgan fingerprint density at radius 1 is 0.857 bits per heavy atom. The Morgan fingerprint density at radius 2 is 1.60 bits per heavy atom. The highest BCUT2D eigenvalue weighted by atomic mass is 16.5. The molecule has 1 N–H and O–H groups in total. The maximum atomic E-state index is 13.4. The van der Waals surface area contributed by atoms with Crippen molar-refractivity contribution < 1.29 is 9.53 Å². The summed E-state index contributed by atoms with van der Waals surface area (Å²) in [6, 6.07) is 30.8. The minimum Gasteiger partial charge on any atom is -0.497 e. The van der Waals surface area contributed by atoms with E-state index in [1.165, 1.54) is 21.8 Å². The van der Waals surface area contributed by atoms with Crippen LogP contribution in [-0.2, 0) is 13.1 Å². The Labute approximate surface area is 204 Å². The van der Waals surface area contributed by atoms with Gasteiger partial charge in [0.1, 0.15) is 11.9 Å². The predicted molar refractivity (Wildman–Crippen MR) is 141 cm³/mol. The van der Waals surface area contributed by atoms with Gasteiger partial charge in [0.15, 0.2) is 0 Å². The van der Waals surface area contributed by atoms with E-state index in [4.69, 9.17) is 4.74 Å². The smallest absolute Gasteiger partial charge is 0.256 e. The number of ether oxygens (including phenoxy) is 1. The summed E-state index contributed by atoms with van der Waals surface area (Å²) in [5.41, 5.74) is 6.26. The van der Waals surface area contributed by atoms with Gasteiger partial charge in [-0.25, -0.2) is 0 Å². The third kappa shape index (κ3) is 3.51. The first-order valence-corrected chi connectivity index (χ1v) is 12.0. The number of aryl methyl sites for hydroxylation is 1. The first kappa shape index (κ1) is 21.3. The molecule has 4 aromatic carbocycles. The molecule has 0 saturated carbocycles. The van der Waals surface area contributed by atoms with Crippen molar-refractivity contribution in [3.63, 3.8) is 0 Å². The number of carbonyl (C=O) groups is 1. The number of fused-ring (bicyclic) bond motifs is 4. The molecule has 35 heavy (non-hydrogen) atoms. The van der Waals surface area contributed by atoms with Crippen molar-refractivity contribution in [3.05, 3.63) is 108 Å². The van der Waals surface area contributed by atoms with Crippen LogP contribution in [0, 0.1) is 0 Å². The number of aromatic nitrogens is 1. The molecule has 0 bridgehead atoms. The van der Waals surface area contributed by atoms with Crippen molar-refractivity contribution in [2.24, 2.45) is 0 Å². The standard InChI is InChI=1S/C30H27N3O2/c1-3-32-27-11-7-6-8-23(27)26-18-21(14-17-28(26)32)31-29-24-9-4-5-10-25(24)30(34)33(29)19-20-12-15-22(35-2)16-13-20/h4-18,29,31H,3,19H2,1-2H3/t29-/m0/s1. The maximum Gasteiger partial charge on any atom is 0.256 e. The average Bonchev–Trinajstić information content (AvgIpc) is 3.36. The van der Waals surface area contributed by atoms with E-state index < -0.39 is 0 Å². The monoisotopic (exact) mass is 461 g/mol. The second-order valence-electron chi connectivity index (χ2n) is 8.91. The average molecular weight is 462 g/mol. The molecule has 5 aromatic rings. The van der Waals surface area contributed by atoms with Gasteiger partial charge in [-0.05, 0) is 55.0 Å². The molecule has 0 unspecified atom stereocenters. The van der Waals surface area contributed by atoms with E-state index >= 15 is 0 Å². The van der Waals surface area contributed by atoms with E-state index in [-0.39, 0.29) is 12.1 Å². The lowest BCUT2D eigenvalue weighted by atomic mass is 10.1. The molecule has 1 aliphatic rings. The summed E-state index contributed by atoms with van der Waals surface area (Å²) in [7, 11) is 1.66. The van der Waals surface area contributed by atoms with Gasteiger partial charge in [-0.2, -0.15) is 0 Å². The largest absolute Gasteiger partial charge is 0.497 e. The van der Waals surface area contributed by atoms with E-state index in [0.29, 0.717) is 6.54 Å². The molecule has 5 heteroatoms. The normalized spacial score (nSPS) is 15.1. The molecular formula is C30H27N3O2. The lowest BCUT2D eigenvalue weighted by Crippen LogP contribution is -2.31. The zero-order valence-electron chi connectivity index (χ0n) is 19.9. The molecule has 1 aromatic heterocycles. The number of amides is 1. The number of rotatable bonds is 6. The fourth-order valence-corrected chi connectivity index (χ4v) is 5.26. The number of hydrogen-bond acceptors (Lipinski definition) is 3. The van der Waals surface area contributed by atoms with Gasteiger partial charge in [0.05, 0.1) is 7.11 Å². The lowest BCUT2D eigenvalue weighted by molar-refractivity contribution is 0.0729. The summed E-state index contributed by atoms with van der Waals surface area (Å²) in [4.78, 5) is 15.3. The van der Waals surface area contributed by atoms with Gasteiger partial charge >= 0.3 is 0 Å². The summed E-state index contributed by atoms with van der Waals surface area (Å²) >= 11 is 0. The van der Waals surface area contributed by atoms with Gasteiger partial charge in [-0.1, -0.05) is 48.5 Å². The van der Waals surface area contributed by atoms with Crippen molar-refractivity contribution in [2.75, 3.05) is 12.4 Å². The highest BCUT2D eigenvalue weighted by Crippen LogP contribution is 2.37. The van der Waals surface area contributed by atoms with Crippen LogP contribution in [0.25, 0.3) is 21.8 Å². The number of nitrogens with zero attached hydrogens (tertiary/aromatic N) is 2. The Bertz CT molecular complexity index is 1550. The van der Waals surface area contributed by atoms with Crippen molar-refractivity contribution in [1.29, 1.82) is 0 Å². The molecule has 0 saturated heterocycles. The highest BCUT2D eigenvalue weighted by Gasteiger charge is 2.36. The van der Waals surface area contributed by atoms with Gasteiger partial charge in [-0.15, -0.1) is 0 Å². The topological polar surface area (TPSA) is 46.5 Å². The van der Waals surface area contributed by atoms with Crippen LogP contribution in [0.4, 0.5) is 5.69 Å². The fraction of sp³-hybridized carbons (Fsp3) is 0.167. The molecule has 2 heterocycles. The molecule has 174 valence electrons. The van der Waals surface area contributed by atoms with Gasteiger partial charge < -0.3 is 19.5 Å². The van der Waals surface area contributed by atoms with Gasteiger partial charge in [0.2, 0.25) is 0 Å². The summed E-state index contributed by atoms with van der Waals surface area (Å²) in [6.07, 6.45) is -0.252. The Balaban J connectivity index is 1.39. The number of hydrogen-bond donors (Lipinski definition) is 1. The summed E-state index contributed by atoms with van der Waals surface area (Å²) in [5.74, 6) is 0.844. The molecule has 0 radical (unpaired) electrons. The second kappa shape index (κ2) is 8.51. The summed E-state index contributed by atoms with van der Waals surface area (Å²) < 4.78 is 7.64. The number of anilines is 1. The zero-order chi connectivity index (χ0) is 23.9. The van der Waals surface area contributed by atoms with Gasteiger partial charge in [0.25, 0.3) is 5.91 Å². The number of carbonyl (C=O) groups excluding carboxylic acids is 1. The number of methoxy groups -OCH3 is 1. The van der Waals surface area contributed by atoms with Crippen molar-refractivity contribution in [2.45, 2.75) is 26.2 Å². The Kier molecular flexibility index (Phi) is 5.18. The fourth-order valence-electron chi connectivity index (χ4n) is 5.26. The first-order valence-electron chi connectivity index (χ1n) is 12.0. The van der Waals surface area contributed by atoms with E-state index in [9.17, 15) is 4.79 Å². The van der Waals surface area contributed by atoms with Crippen LogP contribution in [0.2, 0.25) is 0 Å². The summed E-state index contributed by atoms with van der Waals surface area (Å²) in [6.45, 7) is 3.60.